The van der Waals surface area contributed by atoms with Crippen LogP contribution in [0.15, 0.2) is 33.5 Å². The van der Waals surface area contributed by atoms with Gasteiger partial charge in [-0.2, -0.15) is 0 Å². The molecule has 2 rings (SSSR count). The third kappa shape index (κ3) is 2.31. The molecule has 0 radical (unpaired) electrons. The second-order valence-corrected chi connectivity index (χ2v) is 4.90. The molecule has 17 heavy (non-hydrogen) atoms. The monoisotopic (exact) mass is 292 g/mol. The number of halogens is 1. The molecule has 0 unspecified atom stereocenters. The predicted molar refractivity (Wildman–Crippen MR) is 71.7 cm³/mol. The highest BCUT2D eigenvalue weighted by molar-refractivity contribution is 9.10. The van der Waals surface area contributed by atoms with Crippen LogP contribution < -0.4 is 5.43 Å². The summed E-state index contributed by atoms with van der Waals surface area (Å²) in [6, 6.07) is 7.13. The summed E-state index contributed by atoms with van der Waals surface area (Å²) >= 11 is 3.43. The van der Waals surface area contributed by atoms with E-state index in [1.54, 1.807) is 12.1 Å². The lowest BCUT2D eigenvalue weighted by Crippen LogP contribution is -2.12. The van der Waals surface area contributed by atoms with Crippen LogP contribution in [-0.4, -0.2) is 9.55 Å². The zero-order chi connectivity index (χ0) is 12.6. The Morgan fingerprint density at radius 1 is 1.12 bits per heavy atom. The molecule has 4 heteroatoms. The lowest BCUT2D eigenvalue weighted by Gasteiger charge is -2.14. The van der Waals surface area contributed by atoms with Crippen molar-refractivity contribution in [2.24, 2.45) is 0 Å². The smallest absolute Gasteiger partial charge is 0.182 e. The number of nitrogens with zero attached hydrogens (tertiary/aromatic N) is 2. The molecule has 0 bridgehead atoms. The molecule has 2 aromatic rings. The highest BCUT2D eigenvalue weighted by Gasteiger charge is 2.06. The van der Waals surface area contributed by atoms with E-state index in [2.05, 4.69) is 20.9 Å². The first-order valence-corrected chi connectivity index (χ1v) is 6.12. The molecule has 2 aromatic heterocycles. The molecular weight excluding hydrogens is 280 g/mol. The molecule has 0 saturated carbocycles. The maximum Gasteiger partial charge on any atom is 0.182 e. The molecular formula is C13H13BrN2O. The molecule has 0 saturated heterocycles. The summed E-state index contributed by atoms with van der Waals surface area (Å²) in [5.74, 6) is 0.834. The van der Waals surface area contributed by atoms with E-state index < -0.39 is 0 Å². The molecule has 2 heterocycles. The van der Waals surface area contributed by atoms with E-state index in [0.29, 0.717) is 0 Å². The van der Waals surface area contributed by atoms with Crippen molar-refractivity contribution in [3.05, 3.63) is 56.0 Å². The lowest BCUT2D eigenvalue weighted by atomic mass is 10.2. The Bertz CT molecular complexity index is 606. The van der Waals surface area contributed by atoms with Crippen LogP contribution >= 0.6 is 15.9 Å². The number of aromatic nitrogens is 2. The summed E-state index contributed by atoms with van der Waals surface area (Å²) in [4.78, 5) is 15.9. The first-order chi connectivity index (χ1) is 7.99. The second kappa shape index (κ2) is 4.45. The van der Waals surface area contributed by atoms with Crippen molar-refractivity contribution in [2.45, 2.75) is 20.8 Å². The van der Waals surface area contributed by atoms with Gasteiger partial charge < -0.3 is 4.57 Å². The summed E-state index contributed by atoms with van der Waals surface area (Å²) in [5, 5.41) is 0. The summed E-state index contributed by atoms with van der Waals surface area (Å²) < 4.78 is 2.96. The van der Waals surface area contributed by atoms with Crippen molar-refractivity contribution in [1.29, 1.82) is 0 Å². The van der Waals surface area contributed by atoms with Crippen LogP contribution in [0, 0.1) is 20.8 Å². The topological polar surface area (TPSA) is 34.9 Å². The van der Waals surface area contributed by atoms with Gasteiger partial charge in [-0.1, -0.05) is 0 Å². The van der Waals surface area contributed by atoms with Crippen LogP contribution in [0.2, 0.25) is 0 Å². The van der Waals surface area contributed by atoms with E-state index >= 15 is 0 Å². The van der Waals surface area contributed by atoms with Crippen LogP contribution in [-0.2, 0) is 0 Å². The summed E-state index contributed by atoms with van der Waals surface area (Å²) in [5.41, 5.74) is 2.75. The maximum atomic E-state index is 11.4. The van der Waals surface area contributed by atoms with Gasteiger partial charge in [0, 0.05) is 28.0 Å². The average molecular weight is 293 g/mol. The fourth-order valence-electron chi connectivity index (χ4n) is 1.88. The van der Waals surface area contributed by atoms with Crippen LogP contribution in [0.25, 0.3) is 5.82 Å². The van der Waals surface area contributed by atoms with Gasteiger partial charge in [-0.15, -0.1) is 0 Å². The minimum absolute atomic E-state index is 0.0325. The Morgan fingerprint density at radius 2 is 1.71 bits per heavy atom. The van der Waals surface area contributed by atoms with Gasteiger partial charge >= 0.3 is 0 Å². The molecule has 0 aliphatic heterocycles. The van der Waals surface area contributed by atoms with Crippen molar-refractivity contribution in [1.82, 2.24) is 9.55 Å². The van der Waals surface area contributed by atoms with Crippen molar-refractivity contribution in [3.8, 4) is 5.82 Å². The van der Waals surface area contributed by atoms with E-state index in [4.69, 9.17) is 0 Å². The number of hydrogen-bond acceptors (Lipinski definition) is 2. The Labute approximate surface area is 108 Å². The number of rotatable bonds is 1. The zero-order valence-corrected chi connectivity index (χ0v) is 11.6. The second-order valence-electron chi connectivity index (χ2n) is 4.05. The zero-order valence-electron chi connectivity index (χ0n) is 9.99. The third-order valence-corrected chi connectivity index (χ3v) is 3.48. The molecule has 0 aromatic carbocycles. The molecule has 88 valence electrons. The highest BCUT2D eigenvalue weighted by atomic mass is 79.9. The number of aryl methyl sites for hydroxylation is 3. The first kappa shape index (κ1) is 12.0. The minimum Gasteiger partial charge on any atom is -0.303 e. The summed E-state index contributed by atoms with van der Waals surface area (Å²) in [6.45, 7) is 5.77. The van der Waals surface area contributed by atoms with Crippen molar-refractivity contribution >= 4 is 15.9 Å². The molecule has 0 atom stereocenters. The molecule has 0 fully saturated rings. The Balaban J connectivity index is 2.68. The largest absolute Gasteiger partial charge is 0.303 e. The van der Waals surface area contributed by atoms with Gasteiger partial charge in [0.25, 0.3) is 0 Å². The quantitative estimate of drug-likeness (QED) is 0.810. The Hall–Kier alpha value is -1.42. The van der Waals surface area contributed by atoms with Crippen molar-refractivity contribution < 1.29 is 0 Å². The van der Waals surface area contributed by atoms with Crippen molar-refractivity contribution in [3.63, 3.8) is 0 Å². The summed E-state index contributed by atoms with van der Waals surface area (Å²) in [7, 11) is 0. The van der Waals surface area contributed by atoms with E-state index in [1.807, 2.05) is 37.5 Å². The van der Waals surface area contributed by atoms with E-state index in [9.17, 15) is 4.79 Å². The van der Waals surface area contributed by atoms with Crippen LogP contribution in [0.1, 0.15) is 17.1 Å². The average Bonchev–Trinajstić information content (AvgIpc) is 2.21. The van der Waals surface area contributed by atoms with E-state index in [-0.39, 0.29) is 5.43 Å². The lowest BCUT2D eigenvalue weighted by molar-refractivity contribution is 0.878. The van der Waals surface area contributed by atoms with Crippen LogP contribution in [0.4, 0.5) is 0 Å². The van der Waals surface area contributed by atoms with Gasteiger partial charge in [0.2, 0.25) is 0 Å². The van der Waals surface area contributed by atoms with Gasteiger partial charge in [0.1, 0.15) is 5.82 Å². The van der Waals surface area contributed by atoms with Gasteiger partial charge in [0.05, 0.1) is 5.69 Å². The first-order valence-electron chi connectivity index (χ1n) is 5.33. The van der Waals surface area contributed by atoms with Gasteiger partial charge in [-0.3, -0.25) is 4.79 Å². The Kier molecular flexibility index (Phi) is 3.15. The number of hydrogen-bond donors (Lipinski definition) is 0. The number of pyridine rings is 2. The Morgan fingerprint density at radius 3 is 2.24 bits per heavy atom. The molecule has 3 nitrogen and oxygen atoms in total. The van der Waals surface area contributed by atoms with Gasteiger partial charge in [0.15, 0.2) is 5.43 Å². The van der Waals surface area contributed by atoms with Crippen molar-refractivity contribution in [2.75, 3.05) is 0 Å². The molecule has 0 aliphatic rings. The normalized spacial score (nSPS) is 10.6. The molecule has 0 spiro atoms. The van der Waals surface area contributed by atoms with Crippen LogP contribution in [0.3, 0.4) is 0 Å². The molecule has 0 amide bonds. The molecule has 0 aliphatic carbocycles. The van der Waals surface area contributed by atoms with Gasteiger partial charge in [-0.25, -0.2) is 4.98 Å². The van der Waals surface area contributed by atoms with E-state index in [1.165, 1.54) is 0 Å². The molecule has 0 N–H and O–H groups in total. The third-order valence-electron chi connectivity index (χ3n) is 2.64. The van der Waals surface area contributed by atoms with Gasteiger partial charge in [-0.05, 0) is 48.8 Å². The van der Waals surface area contributed by atoms with E-state index in [0.717, 1.165) is 27.4 Å². The fourth-order valence-corrected chi connectivity index (χ4v) is 2.10. The SMILES string of the molecule is Cc1nc(-n2c(C)cc(=O)cc2C)ccc1Br. The van der Waals surface area contributed by atoms with Crippen LogP contribution in [0.5, 0.6) is 0 Å². The summed E-state index contributed by atoms with van der Waals surface area (Å²) in [6.07, 6.45) is 0. The fraction of sp³-hybridized carbons (Fsp3) is 0.231. The predicted octanol–water partition coefficient (Wildman–Crippen LogP) is 2.92. The minimum atomic E-state index is 0.0325. The maximum absolute atomic E-state index is 11.4. The highest BCUT2D eigenvalue weighted by Crippen LogP contribution is 2.17. The standard InChI is InChI=1S/C13H13BrN2O/c1-8-6-11(17)7-9(2)16(8)13-5-4-12(14)10(3)15-13/h4-7H,1-3H3.